The number of aromatic nitrogens is 3. The van der Waals surface area contributed by atoms with E-state index >= 15 is 0 Å². The Morgan fingerprint density at radius 2 is 1.86 bits per heavy atom. The highest BCUT2D eigenvalue weighted by molar-refractivity contribution is 5.92. The molecule has 2 heterocycles. The van der Waals surface area contributed by atoms with Crippen LogP contribution < -0.4 is 5.32 Å². The van der Waals surface area contributed by atoms with Crippen molar-refractivity contribution < 1.29 is 4.79 Å². The smallest absolute Gasteiger partial charge is 0.270 e. The standard InChI is InChI=1S/C17H14N4O/c22-17(20-12-13-5-4-9-18-11-13)15-8-10-19-16(21-15)14-6-2-1-3-7-14/h1-11H,12H2,(H,20,22). The molecule has 0 aliphatic carbocycles. The van der Waals surface area contributed by atoms with E-state index in [1.54, 1.807) is 24.7 Å². The molecule has 0 radical (unpaired) electrons. The van der Waals surface area contributed by atoms with Crippen molar-refractivity contribution in [2.75, 3.05) is 0 Å². The summed E-state index contributed by atoms with van der Waals surface area (Å²) in [6.45, 7) is 0.414. The van der Waals surface area contributed by atoms with Crippen molar-refractivity contribution in [1.82, 2.24) is 20.3 Å². The number of nitrogens with zero attached hydrogens (tertiary/aromatic N) is 3. The van der Waals surface area contributed by atoms with Crippen molar-refractivity contribution in [3.05, 3.63) is 78.4 Å². The van der Waals surface area contributed by atoms with Crippen molar-refractivity contribution >= 4 is 5.91 Å². The normalized spacial score (nSPS) is 10.2. The van der Waals surface area contributed by atoms with Crippen molar-refractivity contribution in [1.29, 1.82) is 0 Å². The molecule has 2 aromatic heterocycles. The van der Waals surface area contributed by atoms with Gasteiger partial charge in [-0.1, -0.05) is 36.4 Å². The fraction of sp³-hybridized carbons (Fsp3) is 0.0588. The van der Waals surface area contributed by atoms with Crippen molar-refractivity contribution in [3.63, 3.8) is 0 Å². The van der Waals surface area contributed by atoms with E-state index in [1.165, 1.54) is 0 Å². The Balaban J connectivity index is 1.73. The monoisotopic (exact) mass is 290 g/mol. The van der Waals surface area contributed by atoms with Gasteiger partial charge in [-0.05, 0) is 17.7 Å². The largest absolute Gasteiger partial charge is 0.347 e. The summed E-state index contributed by atoms with van der Waals surface area (Å²) in [6, 6.07) is 14.9. The van der Waals surface area contributed by atoms with Gasteiger partial charge < -0.3 is 5.32 Å². The summed E-state index contributed by atoms with van der Waals surface area (Å²) in [5.74, 6) is 0.304. The summed E-state index contributed by atoms with van der Waals surface area (Å²) < 4.78 is 0. The van der Waals surface area contributed by atoms with E-state index in [0.717, 1.165) is 11.1 Å². The highest BCUT2D eigenvalue weighted by Crippen LogP contribution is 2.13. The summed E-state index contributed by atoms with van der Waals surface area (Å²) >= 11 is 0. The van der Waals surface area contributed by atoms with Crippen LogP contribution in [-0.2, 0) is 6.54 Å². The molecule has 0 saturated carbocycles. The Hall–Kier alpha value is -3.08. The first kappa shape index (κ1) is 13.9. The zero-order valence-electron chi connectivity index (χ0n) is 11.8. The number of carbonyl (C=O) groups excluding carboxylic acids is 1. The first-order valence-electron chi connectivity index (χ1n) is 6.88. The van der Waals surface area contributed by atoms with Crippen LogP contribution in [0.2, 0.25) is 0 Å². The quantitative estimate of drug-likeness (QED) is 0.801. The van der Waals surface area contributed by atoms with Crippen LogP contribution >= 0.6 is 0 Å². The molecule has 22 heavy (non-hydrogen) atoms. The first-order chi connectivity index (χ1) is 10.8. The molecule has 3 aromatic rings. The number of rotatable bonds is 4. The molecule has 0 saturated heterocycles. The maximum Gasteiger partial charge on any atom is 0.270 e. The second kappa shape index (κ2) is 6.58. The fourth-order valence-electron chi connectivity index (χ4n) is 1.99. The SMILES string of the molecule is O=C(NCc1cccnc1)c1ccnc(-c2ccccc2)n1. The van der Waals surface area contributed by atoms with E-state index in [2.05, 4.69) is 20.3 Å². The molecule has 3 rings (SSSR count). The van der Waals surface area contributed by atoms with Crippen molar-refractivity contribution in [3.8, 4) is 11.4 Å². The molecule has 0 unspecified atom stereocenters. The number of nitrogens with one attached hydrogen (secondary N) is 1. The molecule has 1 amide bonds. The highest BCUT2D eigenvalue weighted by Gasteiger charge is 2.09. The molecule has 1 N–H and O–H groups in total. The van der Waals surface area contributed by atoms with Gasteiger partial charge in [0.15, 0.2) is 5.82 Å². The van der Waals surface area contributed by atoms with Crippen LogP contribution in [0.3, 0.4) is 0 Å². The Bertz CT molecular complexity index is 760. The number of hydrogen-bond donors (Lipinski definition) is 1. The van der Waals surface area contributed by atoms with Crippen LogP contribution in [0.25, 0.3) is 11.4 Å². The first-order valence-corrected chi connectivity index (χ1v) is 6.88. The predicted molar refractivity (Wildman–Crippen MR) is 82.9 cm³/mol. The molecule has 5 heteroatoms. The lowest BCUT2D eigenvalue weighted by Crippen LogP contribution is -2.24. The Labute approximate surface area is 128 Å². The molecular weight excluding hydrogens is 276 g/mol. The van der Waals surface area contributed by atoms with Gasteiger partial charge in [-0.25, -0.2) is 9.97 Å². The zero-order chi connectivity index (χ0) is 15.2. The Kier molecular flexibility index (Phi) is 4.15. The van der Waals surface area contributed by atoms with Crippen molar-refractivity contribution in [2.45, 2.75) is 6.54 Å². The third-order valence-corrected chi connectivity index (χ3v) is 3.10. The van der Waals surface area contributed by atoms with Gasteiger partial charge in [0.2, 0.25) is 0 Å². The predicted octanol–water partition coefficient (Wildman–Crippen LogP) is 2.47. The molecule has 0 atom stereocenters. The minimum atomic E-state index is -0.233. The zero-order valence-corrected chi connectivity index (χ0v) is 11.8. The topological polar surface area (TPSA) is 67.8 Å². The molecule has 0 aliphatic rings. The summed E-state index contributed by atoms with van der Waals surface area (Å²) in [4.78, 5) is 24.7. The average Bonchev–Trinajstić information content (AvgIpc) is 2.61. The number of pyridine rings is 1. The molecule has 0 fully saturated rings. The molecule has 0 spiro atoms. The van der Waals surface area contributed by atoms with Crippen LogP contribution in [0.4, 0.5) is 0 Å². The van der Waals surface area contributed by atoms with Crippen LogP contribution in [0, 0.1) is 0 Å². The maximum absolute atomic E-state index is 12.2. The molecule has 0 bridgehead atoms. The second-order valence-electron chi connectivity index (χ2n) is 4.68. The van der Waals surface area contributed by atoms with Crippen LogP contribution in [0.5, 0.6) is 0 Å². The Morgan fingerprint density at radius 3 is 2.64 bits per heavy atom. The molecule has 0 aliphatic heterocycles. The maximum atomic E-state index is 12.2. The van der Waals surface area contributed by atoms with Gasteiger partial charge in [0.25, 0.3) is 5.91 Å². The van der Waals surface area contributed by atoms with Crippen LogP contribution in [-0.4, -0.2) is 20.9 Å². The van der Waals surface area contributed by atoms with Gasteiger partial charge >= 0.3 is 0 Å². The highest BCUT2D eigenvalue weighted by atomic mass is 16.1. The molecule has 1 aromatic carbocycles. The van der Waals surface area contributed by atoms with Crippen molar-refractivity contribution in [2.24, 2.45) is 0 Å². The van der Waals surface area contributed by atoms with E-state index in [0.29, 0.717) is 18.1 Å². The molecular formula is C17H14N4O. The Morgan fingerprint density at radius 1 is 1.00 bits per heavy atom. The summed E-state index contributed by atoms with van der Waals surface area (Å²) in [5.41, 5.74) is 2.16. The van der Waals surface area contributed by atoms with E-state index in [-0.39, 0.29) is 5.91 Å². The third-order valence-electron chi connectivity index (χ3n) is 3.10. The van der Waals surface area contributed by atoms with E-state index < -0.39 is 0 Å². The van der Waals surface area contributed by atoms with E-state index in [4.69, 9.17) is 0 Å². The lowest BCUT2D eigenvalue weighted by atomic mass is 10.2. The number of benzene rings is 1. The lowest BCUT2D eigenvalue weighted by molar-refractivity contribution is 0.0946. The van der Waals surface area contributed by atoms with Gasteiger partial charge in [0.05, 0.1) is 0 Å². The molecule has 5 nitrogen and oxygen atoms in total. The van der Waals surface area contributed by atoms with E-state index in [1.807, 2.05) is 42.5 Å². The van der Waals surface area contributed by atoms with Crippen LogP contribution in [0.1, 0.15) is 16.1 Å². The van der Waals surface area contributed by atoms with Crippen LogP contribution in [0.15, 0.2) is 67.1 Å². The average molecular weight is 290 g/mol. The fourth-order valence-corrected chi connectivity index (χ4v) is 1.99. The number of carbonyl (C=O) groups is 1. The van der Waals surface area contributed by atoms with Gasteiger partial charge in [-0.3, -0.25) is 9.78 Å². The number of hydrogen-bond acceptors (Lipinski definition) is 4. The summed E-state index contributed by atoms with van der Waals surface area (Å²) in [6.07, 6.45) is 5.01. The summed E-state index contributed by atoms with van der Waals surface area (Å²) in [5, 5.41) is 2.82. The number of amides is 1. The second-order valence-corrected chi connectivity index (χ2v) is 4.68. The molecule has 108 valence electrons. The summed E-state index contributed by atoms with van der Waals surface area (Å²) in [7, 11) is 0. The third kappa shape index (κ3) is 3.32. The van der Waals surface area contributed by atoms with Gasteiger partial charge in [-0.15, -0.1) is 0 Å². The minimum absolute atomic E-state index is 0.233. The minimum Gasteiger partial charge on any atom is -0.347 e. The van der Waals surface area contributed by atoms with Gasteiger partial charge in [-0.2, -0.15) is 0 Å². The van der Waals surface area contributed by atoms with Gasteiger partial charge in [0, 0.05) is 30.7 Å². The van der Waals surface area contributed by atoms with E-state index in [9.17, 15) is 4.79 Å². The van der Waals surface area contributed by atoms with Gasteiger partial charge in [0.1, 0.15) is 5.69 Å². The lowest BCUT2D eigenvalue weighted by Gasteiger charge is -2.06.